The molecule has 0 saturated heterocycles. The van der Waals surface area contributed by atoms with Crippen molar-refractivity contribution in [2.45, 2.75) is 38.1 Å². The number of nitrogens with one attached hydrogen (secondary N) is 1. The zero-order valence-electron chi connectivity index (χ0n) is 11.9. The van der Waals surface area contributed by atoms with E-state index in [1.807, 2.05) is 0 Å². The first kappa shape index (κ1) is 14.4. The summed E-state index contributed by atoms with van der Waals surface area (Å²) in [4.78, 5) is 24.2. The summed E-state index contributed by atoms with van der Waals surface area (Å²) in [6.07, 6.45) is 3.38. The molecule has 1 amide bonds. The lowest BCUT2D eigenvalue weighted by Crippen LogP contribution is -2.52. The van der Waals surface area contributed by atoms with Gasteiger partial charge in [-0.1, -0.05) is 30.7 Å². The van der Waals surface area contributed by atoms with E-state index in [0.717, 1.165) is 19.3 Å². The van der Waals surface area contributed by atoms with Crippen LogP contribution in [0, 0.1) is 11.3 Å². The standard InChI is InChI=1S/C16H18ClNO3/c1-2-16(14(20)21,10-3-5-11(17)6-4-10)18-13(19)12-9-15(12)7-8-15/h3-6,12H,2,7-9H2,1H3,(H,18,19)(H,20,21). The van der Waals surface area contributed by atoms with Crippen LogP contribution in [0.1, 0.15) is 38.2 Å². The Morgan fingerprint density at radius 2 is 2.00 bits per heavy atom. The number of carboxylic acid groups (broad SMARTS) is 1. The average molecular weight is 308 g/mol. The molecule has 0 heterocycles. The van der Waals surface area contributed by atoms with Crippen LogP contribution in [0.15, 0.2) is 24.3 Å². The summed E-state index contributed by atoms with van der Waals surface area (Å²) >= 11 is 5.86. The Balaban J connectivity index is 1.87. The fourth-order valence-corrected chi connectivity index (χ4v) is 3.28. The summed E-state index contributed by atoms with van der Waals surface area (Å²) in [6, 6.07) is 6.63. The van der Waals surface area contributed by atoms with Crippen LogP contribution >= 0.6 is 11.6 Å². The number of carbonyl (C=O) groups excluding carboxylic acids is 1. The van der Waals surface area contributed by atoms with Gasteiger partial charge in [-0.2, -0.15) is 0 Å². The van der Waals surface area contributed by atoms with Crippen LogP contribution in [0.25, 0.3) is 0 Å². The third kappa shape index (κ3) is 2.31. The number of halogens is 1. The fraction of sp³-hybridized carbons (Fsp3) is 0.500. The summed E-state index contributed by atoms with van der Waals surface area (Å²) in [7, 11) is 0. The summed E-state index contributed by atoms with van der Waals surface area (Å²) in [5, 5.41) is 13.0. The molecule has 0 radical (unpaired) electrons. The van der Waals surface area contributed by atoms with Crippen LogP contribution in [0.3, 0.4) is 0 Å². The van der Waals surface area contributed by atoms with E-state index in [2.05, 4.69) is 5.32 Å². The molecular formula is C16H18ClNO3. The number of rotatable bonds is 5. The molecule has 1 aromatic rings. The topological polar surface area (TPSA) is 66.4 Å². The van der Waals surface area contributed by atoms with Gasteiger partial charge in [0.1, 0.15) is 0 Å². The van der Waals surface area contributed by atoms with Gasteiger partial charge in [0.05, 0.1) is 0 Å². The predicted octanol–water partition coefficient (Wildman–Crippen LogP) is 2.95. The molecule has 2 fully saturated rings. The van der Waals surface area contributed by atoms with Crippen molar-refractivity contribution in [2.75, 3.05) is 0 Å². The van der Waals surface area contributed by atoms with Crippen molar-refractivity contribution in [2.24, 2.45) is 11.3 Å². The van der Waals surface area contributed by atoms with Crippen molar-refractivity contribution in [3.63, 3.8) is 0 Å². The van der Waals surface area contributed by atoms with E-state index < -0.39 is 11.5 Å². The highest BCUT2D eigenvalue weighted by Crippen LogP contribution is 2.70. The first-order chi connectivity index (χ1) is 9.93. The van der Waals surface area contributed by atoms with E-state index in [1.54, 1.807) is 31.2 Å². The molecular weight excluding hydrogens is 290 g/mol. The summed E-state index contributed by atoms with van der Waals surface area (Å²) < 4.78 is 0. The van der Waals surface area contributed by atoms with Crippen LogP contribution in [-0.4, -0.2) is 17.0 Å². The number of hydrogen-bond donors (Lipinski definition) is 2. The van der Waals surface area contributed by atoms with Gasteiger partial charge >= 0.3 is 5.97 Å². The first-order valence-corrected chi connectivity index (χ1v) is 7.63. The molecule has 2 aliphatic rings. The Morgan fingerprint density at radius 3 is 2.43 bits per heavy atom. The maximum absolute atomic E-state index is 12.4. The van der Waals surface area contributed by atoms with Crippen LogP contribution < -0.4 is 5.32 Å². The number of carbonyl (C=O) groups is 2. The molecule has 1 aromatic carbocycles. The second-order valence-corrected chi connectivity index (χ2v) is 6.62. The molecule has 0 aliphatic heterocycles. The molecule has 1 spiro atoms. The zero-order chi connectivity index (χ0) is 15.3. The largest absolute Gasteiger partial charge is 0.479 e. The van der Waals surface area contributed by atoms with Gasteiger partial charge in [-0.3, -0.25) is 4.79 Å². The van der Waals surface area contributed by atoms with Gasteiger partial charge in [-0.25, -0.2) is 4.79 Å². The third-order valence-corrected chi connectivity index (χ3v) is 5.22. The minimum Gasteiger partial charge on any atom is -0.479 e. The maximum Gasteiger partial charge on any atom is 0.334 e. The molecule has 2 N–H and O–H groups in total. The Kier molecular flexibility index (Phi) is 3.24. The van der Waals surface area contributed by atoms with E-state index in [-0.39, 0.29) is 23.7 Å². The number of benzene rings is 1. The Bertz CT molecular complexity index is 594. The molecule has 2 saturated carbocycles. The summed E-state index contributed by atoms with van der Waals surface area (Å²) in [5.74, 6) is -1.17. The molecule has 0 aromatic heterocycles. The van der Waals surface area contributed by atoms with Crippen molar-refractivity contribution >= 4 is 23.5 Å². The van der Waals surface area contributed by atoms with Gasteiger partial charge < -0.3 is 10.4 Å². The minimum absolute atomic E-state index is 0.00456. The number of carboxylic acids is 1. The molecule has 112 valence electrons. The van der Waals surface area contributed by atoms with E-state index in [9.17, 15) is 14.7 Å². The van der Waals surface area contributed by atoms with Crippen LogP contribution in [0.2, 0.25) is 5.02 Å². The van der Waals surface area contributed by atoms with Crippen LogP contribution in [0.4, 0.5) is 0 Å². The highest BCUT2D eigenvalue weighted by molar-refractivity contribution is 6.30. The monoisotopic (exact) mass is 307 g/mol. The highest BCUT2D eigenvalue weighted by atomic mass is 35.5. The van der Waals surface area contributed by atoms with Crippen molar-refractivity contribution in [3.05, 3.63) is 34.9 Å². The lowest BCUT2D eigenvalue weighted by atomic mass is 9.87. The second kappa shape index (κ2) is 4.73. The van der Waals surface area contributed by atoms with E-state index in [0.29, 0.717) is 10.6 Å². The summed E-state index contributed by atoms with van der Waals surface area (Å²) in [6.45, 7) is 1.77. The second-order valence-electron chi connectivity index (χ2n) is 6.18. The average Bonchev–Trinajstić information content (AvgIpc) is 3.37. The van der Waals surface area contributed by atoms with Gasteiger partial charge in [-0.05, 0) is 48.8 Å². The maximum atomic E-state index is 12.4. The minimum atomic E-state index is -1.37. The fourth-order valence-electron chi connectivity index (χ4n) is 3.16. The summed E-state index contributed by atoms with van der Waals surface area (Å²) in [5.41, 5.74) is -0.608. The first-order valence-electron chi connectivity index (χ1n) is 7.25. The van der Waals surface area contributed by atoms with Crippen LogP contribution in [0.5, 0.6) is 0 Å². The Morgan fingerprint density at radius 1 is 1.38 bits per heavy atom. The molecule has 4 nitrogen and oxygen atoms in total. The normalized spacial score (nSPS) is 24.2. The van der Waals surface area contributed by atoms with E-state index in [4.69, 9.17) is 11.6 Å². The third-order valence-electron chi connectivity index (χ3n) is 4.97. The molecule has 5 heteroatoms. The molecule has 2 unspecified atom stereocenters. The Labute approximate surface area is 128 Å². The Hall–Kier alpha value is -1.55. The molecule has 0 bridgehead atoms. The van der Waals surface area contributed by atoms with E-state index >= 15 is 0 Å². The van der Waals surface area contributed by atoms with Gasteiger partial charge in [0, 0.05) is 10.9 Å². The number of aliphatic carboxylic acids is 1. The lowest BCUT2D eigenvalue weighted by molar-refractivity contribution is -0.148. The van der Waals surface area contributed by atoms with Crippen molar-refractivity contribution in [1.82, 2.24) is 5.32 Å². The van der Waals surface area contributed by atoms with Gasteiger partial charge in [-0.15, -0.1) is 0 Å². The smallest absolute Gasteiger partial charge is 0.334 e. The SMILES string of the molecule is CCC(NC(=O)C1CC12CC2)(C(=O)O)c1ccc(Cl)cc1. The number of amides is 1. The van der Waals surface area contributed by atoms with Crippen molar-refractivity contribution < 1.29 is 14.7 Å². The van der Waals surface area contributed by atoms with E-state index in [1.165, 1.54) is 0 Å². The van der Waals surface area contributed by atoms with Gasteiger partial charge in [0.15, 0.2) is 5.54 Å². The molecule has 2 aliphatic carbocycles. The van der Waals surface area contributed by atoms with Crippen LogP contribution in [-0.2, 0) is 15.1 Å². The van der Waals surface area contributed by atoms with Crippen molar-refractivity contribution in [1.29, 1.82) is 0 Å². The van der Waals surface area contributed by atoms with Gasteiger partial charge in [0.2, 0.25) is 5.91 Å². The quantitative estimate of drug-likeness (QED) is 0.879. The lowest BCUT2D eigenvalue weighted by Gasteiger charge is -2.30. The zero-order valence-corrected chi connectivity index (χ0v) is 12.6. The highest BCUT2D eigenvalue weighted by Gasteiger charge is 2.66. The predicted molar refractivity (Wildman–Crippen MR) is 79.0 cm³/mol. The molecule has 3 rings (SSSR count). The molecule has 2 atom stereocenters. The molecule has 21 heavy (non-hydrogen) atoms. The van der Waals surface area contributed by atoms with Gasteiger partial charge in [0.25, 0.3) is 0 Å². The van der Waals surface area contributed by atoms with Crippen molar-refractivity contribution in [3.8, 4) is 0 Å². The number of hydrogen-bond acceptors (Lipinski definition) is 2.